The van der Waals surface area contributed by atoms with Gasteiger partial charge in [-0.2, -0.15) is 5.26 Å². The number of nitriles is 1. The molecule has 1 aromatic heterocycles. The molecule has 0 bridgehead atoms. The fourth-order valence-electron chi connectivity index (χ4n) is 3.75. The zero-order valence-corrected chi connectivity index (χ0v) is 18.4. The third-order valence-electron chi connectivity index (χ3n) is 5.65. The van der Waals surface area contributed by atoms with Gasteiger partial charge in [-0.1, -0.05) is 18.5 Å². The van der Waals surface area contributed by atoms with Crippen molar-refractivity contribution in [1.29, 1.82) is 5.26 Å². The Bertz CT molecular complexity index is 1230. The molecule has 8 nitrogen and oxygen atoms in total. The van der Waals surface area contributed by atoms with Crippen LogP contribution < -0.4 is 15.4 Å². The van der Waals surface area contributed by atoms with Crippen LogP contribution in [0.3, 0.4) is 0 Å². The number of ether oxygens (including phenoxy) is 1. The van der Waals surface area contributed by atoms with Gasteiger partial charge in [0.1, 0.15) is 11.8 Å². The quantitative estimate of drug-likeness (QED) is 0.448. The Hall–Kier alpha value is -3.38. The van der Waals surface area contributed by atoms with Gasteiger partial charge in [0.2, 0.25) is 5.95 Å². The molecule has 1 aliphatic rings. The van der Waals surface area contributed by atoms with E-state index in [1.54, 1.807) is 30.5 Å². The fraction of sp³-hybridized carbons (Fsp3) is 0.261. The van der Waals surface area contributed by atoms with Crippen molar-refractivity contribution in [2.45, 2.75) is 18.9 Å². The predicted octanol–water partition coefficient (Wildman–Crippen LogP) is 3.59. The van der Waals surface area contributed by atoms with E-state index in [9.17, 15) is 15.5 Å². The first-order valence-electron chi connectivity index (χ1n) is 9.93. The van der Waals surface area contributed by atoms with Crippen LogP contribution in [0.25, 0.3) is 11.3 Å². The third-order valence-corrected chi connectivity index (χ3v) is 6.00. The van der Waals surface area contributed by atoms with Crippen molar-refractivity contribution in [1.82, 2.24) is 9.97 Å². The molecule has 1 aliphatic heterocycles. The minimum atomic E-state index is -0.483. The monoisotopic (exact) mass is 451 g/mol. The van der Waals surface area contributed by atoms with Crippen LogP contribution in [0.5, 0.6) is 5.75 Å². The zero-order chi connectivity index (χ0) is 22.9. The van der Waals surface area contributed by atoms with Crippen LogP contribution in [-0.2, 0) is 12.0 Å². The van der Waals surface area contributed by atoms with Gasteiger partial charge in [0.25, 0.3) is 0 Å². The highest BCUT2D eigenvalue weighted by atomic mass is 35.5. The van der Waals surface area contributed by atoms with E-state index in [1.165, 1.54) is 7.11 Å². The Labute approximate surface area is 190 Å². The highest BCUT2D eigenvalue weighted by molar-refractivity contribution is 6.31. The van der Waals surface area contributed by atoms with E-state index in [2.05, 4.69) is 26.7 Å². The smallest absolute Gasteiger partial charge is 0.227 e. The maximum absolute atomic E-state index is 9.92. The Kier molecular flexibility index (Phi) is 5.89. The summed E-state index contributed by atoms with van der Waals surface area (Å²) in [5, 5.41) is 35.7. The number of fused-ring (bicyclic) bond motifs is 1. The SMILES string of the molecule is COc1cc(CO)c(Cl)cc1Nc1nccc(-c2cc(C#N)c3c(c2)C(C)(CO)CN3)n1. The van der Waals surface area contributed by atoms with E-state index in [1.807, 2.05) is 13.0 Å². The molecule has 9 heteroatoms. The lowest BCUT2D eigenvalue weighted by Gasteiger charge is -2.21. The minimum Gasteiger partial charge on any atom is -0.495 e. The fourth-order valence-corrected chi connectivity index (χ4v) is 3.97. The lowest BCUT2D eigenvalue weighted by atomic mass is 9.83. The molecule has 0 saturated carbocycles. The first kappa shape index (κ1) is 21.8. The molecular formula is C23H22ClN5O3. The topological polar surface area (TPSA) is 123 Å². The number of rotatable bonds is 6. The first-order chi connectivity index (χ1) is 15.4. The largest absolute Gasteiger partial charge is 0.495 e. The van der Waals surface area contributed by atoms with Crippen LogP contribution in [0.2, 0.25) is 5.02 Å². The van der Waals surface area contributed by atoms with E-state index in [4.69, 9.17) is 16.3 Å². The summed E-state index contributed by atoms with van der Waals surface area (Å²) in [5.74, 6) is 0.803. The molecule has 32 heavy (non-hydrogen) atoms. The molecule has 0 saturated heterocycles. The molecular weight excluding hydrogens is 430 g/mol. The summed E-state index contributed by atoms with van der Waals surface area (Å²) in [6.07, 6.45) is 1.61. The number of methoxy groups -OCH3 is 1. The number of halogens is 1. The van der Waals surface area contributed by atoms with Crippen molar-refractivity contribution in [2.75, 3.05) is 30.9 Å². The van der Waals surface area contributed by atoms with Crippen LogP contribution >= 0.6 is 11.6 Å². The number of hydrogen-bond donors (Lipinski definition) is 4. The van der Waals surface area contributed by atoms with Crippen molar-refractivity contribution >= 4 is 28.9 Å². The highest BCUT2D eigenvalue weighted by Gasteiger charge is 2.36. The molecule has 0 fully saturated rings. The van der Waals surface area contributed by atoms with Gasteiger partial charge in [0.15, 0.2) is 0 Å². The van der Waals surface area contributed by atoms with Crippen molar-refractivity contribution in [3.8, 4) is 23.1 Å². The van der Waals surface area contributed by atoms with Gasteiger partial charge < -0.3 is 25.6 Å². The van der Waals surface area contributed by atoms with E-state index >= 15 is 0 Å². The molecule has 0 amide bonds. The summed E-state index contributed by atoms with van der Waals surface area (Å²) in [7, 11) is 1.52. The summed E-state index contributed by atoms with van der Waals surface area (Å²) >= 11 is 6.23. The van der Waals surface area contributed by atoms with Crippen LogP contribution in [0, 0.1) is 11.3 Å². The lowest BCUT2D eigenvalue weighted by molar-refractivity contribution is 0.219. The second-order valence-corrected chi connectivity index (χ2v) is 8.23. The first-order valence-corrected chi connectivity index (χ1v) is 10.3. The van der Waals surface area contributed by atoms with Crippen molar-refractivity contribution in [3.63, 3.8) is 0 Å². The molecule has 4 N–H and O–H groups in total. The third kappa shape index (κ3) is 3.82. The molecule has 0 aliphatic carbocycles. The average molecular weight is 452 g/mol. The molecule has 164 valence electrons. The van der Waals surface area contributed by atoms with E-state index in [0.717, 1.165) is 16.8 Å². The van der Waals surface area contributed by atoms with Crippen molar-refractivity contribution < 1.29 is 14.9 Å². The number of benzene rings is 2. The van der Waals surface area contributed by atoms with Crippen LogP contribution in [0.4, 0.5) is 17.3 Å². The molecule has 3 aromatic rings. The molecule has 0 spiro atoms. The zero-order valence-electron chi connectivity index (χ0n) is 17.6. The van der Waals surface area contributed by atoms with E-state index in [-0.39, 0.29) is 13.2 Å². The van der Waals surface area contributed by atoms with Gasteiger partial charge in [-0.05, 0) is 41.5 Å². The summed E-state index contributed by atoms with van der Waals surface area (Å²) in [6.45, 7) is 2.26. The van der Waals surface area contributed by atoms with Crippen molar-refractivity contribution in [3.05, 3.63) is 58.2 Å². The average Bonchev–Trinajstić information content (AvgIpc) is 3.16. The molecule has 4 rings (SSSR count). The Morgan fingerprint density at radius 2 is 2.12 bits per heavy atom. The molecule has 1 unspecified atom stereocenters. The van der Waals surface area contributed by atoms with Crippen LogP contribution in [0.15, 0.2) is 36.5 Å². The Balaban J connectivity index is 1.73. The maximum atomic E-state index is 9.92. The minimum absolute atomic E-state index is 0.0394. The summed E-state index contributed by atoms with van der Waals surface area (Å²) in [4.78, 5) is 8.88. The summed E-state index contributed by atoms with van der Waals surface area (Å²) in [6, 6.07) is 11.0. The normalized spacial score (nSPS) is 16.8. The number of anilines is 3. The van der Waals surface area contributed by atoms with Crippen LogP contribution in [0.1, 0.15) is 23.6 Å². The van der Waals surface area contributed by atoms with Gasteiger partial charge in [-0.15, -0.1) is 0 Å². The van der Waals surface area contributed by atoms with Crippen molar-refractivity contribution in [2.24, 2.45) is 0 Å². The predicted molar refractivity (Wildman–Crippen MR) is 122 cm³/mol. The molecule has 2 heterocycles. The Morgan fingerprint density at radius 3 is 2.81 bits per heavy atom. The Morgan fingerprint density at radius 1 is 1.31 bits per heavy atom. The number of nitrogens with one attached hydrogen (secondary N) is 2. The van der Waals surface area contributed by atoms with Crippen LogP contribution in [-0.4, -0.2) is 40.4 Å². The van der Waals surface area contributed by atoms with E-state index in [0.29, 0.717) is 45.8 Å². The van der Waals surface area contributed by atoms with Gasteiger partial charge in [0.05, 0.1) is 43.0 Å². The van der Waals surface area contributed by atoms with Gasteiger partial charge in [0, 0.05) is 28.7 Å². The molecule has 1 atom stereocenters. The second kappa shape index (κ2) is 8.63. The molecule has 2 aromatic carbocycles. The maximum Gasteiger partial charge on any atom is 0.227 e. The standard InChI is InChI=1S/C23H22ClN5O3/c1-23(12-31)11-27-21-14(9-25)5-13(6-16(21)23)18-3-4-26-22(28-18)29-19-8-17(24)15(10-30)7-20(19)32-2/h3-8,27,30-31H,10-12H2,1-2H3,(H,26,28,29). The number of aliphatic hydroxyl groups is 2. The number of nitrogens with zero attached hydrogens (tertiary/aromatic N) is 3. The van der Waals surface area contributed by atoms with Gasteiger partial charge >= 0.3 is 0 Å². The van der Waals surface area contributed by atoms with E-state index < -0.39 is 5.41 Å². The second-order valence-electron chi connectivity index (χ2n) is 7.82. The van der Waals surface area contributed by atoms with Gasteiger partial charge in [-0.3, -0.25) is 0 Å². The highest BCUT2D eigenvalue weighted by Crippen LogP contribution is 2.41. The number of aromatic nitrogens is 2. The van der Waals surface area contributed by atoms with Gasteiger partial charge in [-0.25, -0.2) is 9.97 Å². The number of aliphatic hydroxyl groups excluding tert-OH is 2. The summed E-state index contributed by atoms with van der Waals surface area (Å²) < 4.78 is 5.39. The molecule has 0 radical (unpaired) electrons. The number of hydrogen-bond acceptors (Lipinski definition) is 8. The lowest BCUT2D eigenvalue weighted by Crippen LogP contribution is -2.28. The summed E-state index contributed by atoms with van der Waals surface area (Å²) in [5.41, 5.74) is 4.11.